The van der Waals surface area contributed by atoms with E-state index in [9.17, 15) is 14.3 Å². The quantitative estimate of drug-likeness (QED) is 0.733. The normalized spacial score (nSPS) is 20.1. The topological polar surface area (TPSA) is 61.4 Å². The Morgan fingerprint density at radius 3 is 3.06 bits per heavy atom. The van der Waals surface area contributed by atoms with Gasteiger partial charge in [0.15, 0.2) is 11.6 Å². The fourth-order valence-corrected chi connectivity index (χ4v) is 1.86. The van der Waals surface area contributed by atoms with Crippen molar-refractivity contribution in [3.05, 3.63) is 29.6 Å². The highest BCUT2D eigenvalue weighted by Gasteiger charge is 2.17. The Kier molecular flexibility index (Phi) is 3.58. The molecule has 1 heterocycles. The number of para-hydroxylation sites is 1. The summed E-state index contributed by atoms with van der Waals surface area (Å²) in [5.74, 6) is -0.849. The number of carbonyl (C=O) groups is 1. The maximum Gasteiger partial charge on any atom is 0.220 e. The molecule has 92 valence electrons. The number of piperidine rings is 1. The molecule has 1 saturated heterocycles. The molecule has 0 spiro atoms. The Morgan fingerprint density at radius 1 is 1.53 bits per heavy atom. The van der Waals surface area contributed by atoms with E-state index in [1.165, 1.54) is 6.07 Å². The molecular formula is C12H15FN2O2. The average molecular weight is 238 g/mol. The summed E-state index contributed by atoms with van der Waals surface area (Å²) in [4.78, 5) is 11.0. The van der Waals surface area contributed by atoms with Gasteiger partial charge in [0.1, 0.15) is 0 Å². The summed E-state index contributed by atoms with van der Waals surface area (Å²) in [7, 11) is 0. The van der Waals surface area contributed by atoms with Crippen LogP contribution in [0.3, 0.4) is 0 Å². The highest BCUT2D eigenvalue weighted by atomic mass is 19.1. The Hall–Kier alpha value is -1.62. The molecule has 0 saturated carbocycles. The standard InChI is InChI=1S/C12H15FN2O2/c13-10-3-1-2-8(12(10)17)6-14-9-4-5-11(16)15-7-9/h1-3,9,14,17H,4-7H2,(H,15,16). The molecule has 1 atom stereocenters. The van der Waals surface area contributed by atoms with E-state index in [0.717, 1.165) is 6.42 Å². The predicted octanol–water partition coefficient (Wildman–Crippen LogP) is 0.899. The second kappa shape index (κ2) is 5.14. The van der Waals surface area contributed by atoms with Gasteiger partial charge in [-0.05, 0) is 12.5 Å². The zero-order valence-electron chi connectivity index (χ0n) is 9.37. The molecule has 5 heteroatoms. The molecule has 17 heavy (non-hydrogen) atoms. The maximum absolute atomic E-state index is 13.1. The molecule has 1 unspecified atom stereocenters. The number of hydrogen-bond donors (Lipinski definition) is 3. The molecule has 4 nitrogen and oxygen atoms in total. The number of phenols is 1. The molecule has 0 aliphatic carbocycles. The van der Waals surface area contributed by atoms with Gasteiger partial charge >= 0.3 is 0 Å². The lowest BCUT2D eigenvalue weighted by Gasteiger charge is -2.23. The Balaban J connectivity index is 1.89. The van der Waals surface area contributed by atoms with E-state index < -0.39 is 5.82 Å². The van der Waals surface area contributed by atoms with Crippen molar-refractivity contribution in [1.82, 2.24) is 10.6 Å². The van der Waals surface area contributed by atoms with E-state index in [-0.39, 0.29) is 17.7 Å². The van der Waals surface area contributed by atoms with Gasteiger partial charge in [0.2, 0.25) is 5.91 Å². The lowest BCUT2D eigenvalue weighted by atomic mass is 10.1. The number of halogens is 1. The maximum atomic E-state index is 13.1. The van der Waals surface area contributed by atoms with Gasteiger partial charge in [0.05, 0.1) is 0 Å². The predicted molar refractivity (Wildman–Crippen MR) is 60.9 cm³/mol. The van der Waals surface area contributed by atoms with Gasteiger partial charge in [0.25, 0.3) is 0 Å². The number of nitrogens with one attached hydrogen (secondary N) is 2. The zero-order valence-corrected chi connectivity index (χ0v) is 9.37. The number of hydrogen-bond acceptors (Lipinski definition) is 3. The summed E-state index contributed by atoms with van der Waals surface area (Å²) in [6, 6.07) is 4.64. The second-order valence-electron chi connectivity index (χ2n) is 4.17. The minimum atomic E-state index is -0.610. The second-order valence-corrected chi connectivity index (χ2v) is 4.17. The monoisotopic (exact) mass is 238 g/mol. The van der Waals surface area contributed by atoms with Crippen LogP contribution in [0.15, 0.2) is 18.2 Å². The number of rotatable bonds is 3. The lowest BCUT2D eigenvalue weighted by Crippen LogP contribution is -2.45. The highest BCUT2D eigenvalue weighted by Crippen LogP contribution is 2.20. The van der Waals surface area contributed by atoms with Gasteiger partial charge in [-0.2, -0.15) is 0 Å². The van der Waals surface area contributed by atoms with Crippen LogP contribution in [0.5, 0.6) is 5.75 Å². The molecular weight excluding hydrogens is 223 g/mol. The van der Waals surface area contributed by atoms with Crippen molar-refractivity contribution in [2.24, 2.45) is 0 Å². The first-order valence-corrected chi connectivity index (χ1v) is 5.63. The molecule has 2 rings (SSSR count). The molecule has 1 aromatic rings. The van der Waals surface area contributed by atoms with E-state index in [0.29, 0.717) is 25.1 Å². The number of carbonyl (C=O) groups excluding carboxylic acids is 1. The van der Waals surface area contributed by atoms with Crippen molar-refractivity contribution < 1.29 is 14.3 Å². The van der Waals surface area contributed by atoms with Crippen LogP contribution < -0.4 is 10.6 Å². The van der Waals surface area contributed by atoms with Crippen LogP contribution in [-0.4, -0.2) is 23.6 Å². The molecule has 1 aromatic carbocycles. The smallest absolute Gasteiger partial charge is 0.220 e. The molecule has 0 radical (unpaired) electrons. The minimum absolute atomic E-state index is 0.0663. The van der Waals surface area contributed by atoms with Crippen LogP contribution in [-0.2, 0) is 11.3 Å². The van der Waals surface area contributed by atoms with Crippen molar-refractivity contribution in [3.63, 3.8) is 0 Å². The van der Waals surface area contributed by atoms with E-state index in [4.69, 9.17) is 0 Å². The first kappa shape index (κ1) is 11.9. The number of phenolic OH excluding ortho intramolecular Hbond substituents is 1. The van der Waals surface area contributed by atoms with Gasteiger partial charge in [-0.25, -0.2) is 4.39 Å². The third-order valence-corrected chi connectivity index (χ3v) is 2.92. The molecule has 3 N–H and O–H groups in total. The largest absolute Gasteiger partial charge is 0.505 e. The van der Waals surface area contributed by atoms with E-state index in [1.54, 1.807) is 12.1 Å². The lowest BCUT2D eigenvalue weighted by molar-refractivity contribution is -0.122. The van der Waals surface area contributed by atoms with Crippen LogP contribution in [0.25, 0.3) is 0 Å². The van der Waals surface area contributed by atoms with Crippen molar-refractivity contribution in [2.45, 2.75) is 25.4 Å². The third-order valence-electron chi connectivity index (χ3n) is 2.92. The first-order valence-electron chi connectivity index (χ1n) is 5.63. The van der Waals surface area contributed by atoms with Gasteiger partial charge in [0, 0.05) is 31.1 Å². The SMILES string of the molecule is O=C1CCC(NCc2cccc(F)c2O)CN1. The number of aromatic hydroxyl groups is 1. The van der Waals surface area contributed by atoms with Gasteiger partial charge in [-0.1, -0.05) is 12.1 Å². The summed E-state index contributed by atoms with van der Waals surface area (Å²) >= 11 is 0. The molecule has 0 bridgehead atoms. The zero-order chi connectivity index (χ0) is 12.3. The molecule has 0 aromatic heterocycles. The van der Waals surface area contributed by atoms with Crippen molar-refractivity contribution in [1.29, 1.82) is 0 Å². The fourth-order valence-electron chi connectivity index (χ4n) is 1.86. The van der Waals surface area contributed by atoms with Gasteiger partial charge in [-0.3, -0.25) is 4.79 Å². The van der Waals surface area contributed by atoms with E-state index >= 15 is 0 Å². The van der Waals surface area contributed by atoms with Crippen molar-refractivity contribution in [2.75, 3.05) is 6.54 Å². The van der Waals surface area contributed by atoms with Crippen LogP contribution in [0, 0.1) is 5.82 Å². The highest BCUT2D eigenvalue weighted by molar-refractivity contribution is 5.76. The average Bonchev–Trinajstić information content (AvgIpc) is 2.33. The Bertz CT molecular complexity index is 413. The number of amides is 1. The van der Waals surface area contributed by atoms with Crippen LogP contribution in [0.1, 0.15) is 18.4 Å². The summed E-state index contributed by atoms with van der Waals surface area (Å²) in [6.07, 6.45) is 1.27. The summed E-state index contributed by atoms with van der Waals surface area (Å²) in [5.41, 5.74) is 0.530. The molecule has 1 aliphatic rings. The Labute approximate surface area is 98.8 Å². The minimum Gasteiger partial charge on any atom is -0.505 e. The molecule has 1 fully saturated rings. The van der Waals surface area contributed by atoms with Crippen LogP contribution in [0.2, 0.25) is 0 Å². The van der Waals surface area contributed by atoms with Gasteiger partial charge < -0.3 is 15.7 Å². The first-order chi connectivity index (χ1) is 8.16. The van der Waals surface area contributed by atoms with Crippen LogP contribution in [0.4, 0.5) is 4.39 Å². The third kappa shape index (κ3) is 2.94. The summed E-state index contributed by atoms with van der Waals surface area (Å²) < 4.78 is 13.1. The van der Waals surface area contributed by atoms with Gasteiger partial charge in [-0.15, -0.1) is 0 Å². The summed E-state index contributed by atoms with van der Waals surface area (Å²) in [6.45, 7) is 0.971. The number of benzene rings is 1. The van der Waals surface area contributed by atoms with Crippen LogP contribution >= 0.6 is 0 Å². The molecule has 1 aliphatic heterocycles. The summed E-state index contributed by atoms with van der Waals surface area (Å²) in [5, 5.41) is 15.4. The fraction of sp³-hybridized carbons (Fsp3) is 0.417. The van der Waals surface area contributed by atoms with Crippen molar-refractivity contribution in [3.8, 4) is 5.75 Å². The molecule has 1 amide bonds. The van der Waals surface area contributed by atoms with Crippen molar-refractivity contribution >= 4 is 5.91 Å². The Morgan fingerprint density at radius 2 is 2.35 bits per heavy atom. The van der Waals surface area contributed by atoms with E-state index in [1.807, 2.05) is 0 Å². The van der Waals surface area contributed by atoms with E-state index in [2.05, 4.69) is 10.6 Å².